The summed E-state index contributed by atoms with van der Waals surface area (Å²) in [6, 6.07) is 0. The zero-order valence-corrected chi connectivity index (χ0v) is 10.3. The third kappa shape index (κ3) is 4.32. The van der Waals surface area contributed by atoms with Gasteiger partial charge in [0.25, 0.3) is 0 Å². The summed E-state index contributed by atoms with van der Waals surface area (Å²) in [7, 11) is 0. The van der Waals surface area contributed by atoms with Gasteiger partial charge in [0.05, 0.1) is 5.92 Å². The lowest BCUT2D eigenvalue weighted by Gasteiger charge is -2.40. The Bertz CT molecular complexity index is 289. The predicted octanol–water partition coefficient (Wildman–Crippen LogP) is 0.669. The molecule has 6 nitrogen and oxygen atoms in total. The molecule has 1 atom stereocenters. The number of rotatable bonds is 7. The molecule has 0 spiro atoms. The van der Waals surface area contributed by atoms with E-state index < -0.39 is 29.1 Å². The van der Waals surface area contributed by atoms with Gasteiger partial charge in [0.15, 0.2) is 5.79 Å². The van der Waals surface area contributed by atoms with E-state index in [4.69, 9.17) is 10.2 Å². The van der Waals surface area contributed by atoms with Crippen LogP contribution in [0, 0.1) is 11.3 Å². The summed E-state index contributed by atoms with van der Waals surface area (Å²) in [5, 5.41) is 36.6. The molecule has 0 radical (unpaired) electrons. The lowest BCUT2D eigenvalue weighted by atomic mass is 9.70. The summed E-state index contributed by atoms with van der Waals surface area (Å²) in [6.45, 7) is 4.00. The van der Waals surface area contributed by atoms with Crippen molar-refractivity contribution in [2.24, 2.45) is 11.3 Å². The normalized spacial score (nSPS) is 14.4. The van der Waals surface area contributed by atoms with Gasteiger partial charge >= 0.3 is 11.9 Å². The molecule has 17 heavy (non-hydrogen) atoms. The monoisotopic (exact) mass is 248 g/mol. The van der Waals surface area contributed by atoms with Gasteiger partial charge in [0.1, 0.15) is 0 Å². The Morgan fingerprint density at radius 2 is 1.59 bits per heavy atom. The third-order valence-corrected chi connectivity index (χ3v) is 3.27. The molecule has 1 unspecified atom stereocenters. The van der Waals surface area contributed by atoms with Crippen molar-refractivity contribution in [2.45, 2.75) is 45.8 Å². The van der Waals surface area contributed by atoms with E-state index in [1.165, 1.54) is 13.8 Å². The molecule has 0 heterocycles. The van der Waals surface area contributed by atoms with Crippen LogP contribution >= 0.6 is 0 Å². The molecule has 0 saturated carbocycles. The van der Waals surface area contributed by atoms with Gasteiger partial charge in [0.2, 0.25) is 0 Å². The Kier molecular flexibility index (Phi) is 5.10. The second kappa shape index (κ2) is 5.46. The fourth-order valence-corrected chi connectivity index (χ4v) is 1.58. The Morgan fingerprint density at radius 1 is 1.12 bits per heavy atom. The Morgan fingerprint density at radius 3 is 1.88 bits per heavy atom. The van der Waals surface area contributed by atoms with Crippen LogP contribution in [0.1, 0.15) is 40.0 Å². The van der Waals surface area contributed by atoms with Gasteiger partial charge in [0, 0.05) is 11.8 Å². The zero-order valence-electron chi connectivity index (χ0n) is 10.3. The van der Waals surface area contributed by atoms with Gasteiger partial charge < -0.3 is 20.4 Å². The molecule has 0 aromatic heterocycles. The summed E-state index contributed by atoms with van der Waals surface area (Å²) in [4.78, 5) is 21.4. The predicted molar refractivity (Wildman–Crippen MR) is 59.2 cm³/mol. The van der Waals surface area contributed by atoms with Gasteiger partial charge in [-0.2, -0.15) is 0 Å². The van der Waals surface area contributed by atoms with Crippen LogP contribution in [0.3, 0.4) is 0 Å². The number of carbonyl (C=O) groups is 2. The fourth-order valence-electron chi connectivity index (χ4n) is 1.58. The van der Waals surface area contributed by atoms with Crippen molar-refractivity contribution in [3.8, 4) is 0 Å². The second-order valence-electron chi connectivity index (χ2n) is 4.92. The third-order valence-electron chi connectivity index (χ3n) is 3.27. The van der Waals surface area contributed by atoms with Crippen LogP contribution in [-0.4, -0.2) is 38.2 Å². The zero-order chi connectivity index (χ0) is 13.9. The van der Waals surface area contributed by atoms with Gasteiger partial charge in [-0.25, -0.2) is 0 Å². The molecule has 0 bridgehead atoms. The molecule has 0 aromatic rings. The van der Waals surface area contributed by atoms with E-state index in [-0.39, 0.29) is 19.3 Å². The SMILES string of the molecule is CC(O)(O)C(C)(C)C(CCCC(=O)O)C(=O)O. The van der Waals surface area contributed by atoms with Crippen LogP contribution in [0.5, 0.6) is 0 Å². The Hall–Kier alpha value is -1.14. The molecule has 6 heteroatoms. The number of aliphatic carboxylic acids is 2. The molecule has 0 saturated heterocycles. The Balaban J connectivity index is 4.75. The Labute approximate surface area is 99.9 Å². The molecule has 4 N–H and O–H groups in total. The minimum Gasteiger partial charge on any atom is -0.481 e. The van der Waals surface area contributed by atoms with Crippen molar-refractivity contribution in [1.82, 2.24) is 0 Å². The van der Waals surface area contributed by atoms with E-state index in [1.807, 2.05) is 0 Å². The average molecular weight is 248 g/mol. The van der Waals surface area contributed by atoms with Crippen LogP contribution in [-0.2, 0) is 9.59 Å². The maximum atomic E-state index is 11.1. The highest BCUT2D eigenvalue weighted by Crippen LogP contribution is 2.39. The van der Waals surface area contributed by atoms with Crippen LogP contribution < -0.4 is 0 Å². The van der Waals surface area contributed by atoms with E-state index in [2.05, 4.69) is 0 Å². The van der Waals surface area contributed by atoms with Crippen molar-refractivity contribution >= 4 is 11.9 Å². The van der Waals surface area contributed by atoms with Crippen LogP contribution in [0.15, 0.2) is 0 Å². The molecule has 0 aliphatic heterocycles. The summed E-state index contributed by atoms with van der Waals surface area (Å²) < 4.78 is 0. The molecule has 0 fully saturated rings. The number of carboxylic acids is 2. The minimum atomic E-state index is -2.14. The average Bonchev–Trinajstić information content (AvgIpc) is 2.08. The van der Waals surface area contributed by atoms with Crippen molar-refractivity contribution in [2.75, 3.05) is 0 Å². The van der Waals surface area contributed by atoms with Gasteiger partial charge in [-0.3, -0.25) is 9.59 Å². The fraction of sp³-hybridized carbons (Fsp3) is 0.818. The van der Waals surface area contributed by atoms with Crippen molar-refractivity contribution in [1.29, 1.82) is 0 Å². The largest absolute Gasteiger partial charge is 0.481 e. The highest BCUT2D eigenvalue weighted by atomic mass is 16.5. The maximum Gasteiger partial charge on any atom is 0.307 e. The van der Waals surface area contributed by atoms with Gasteiger partial charge in [-0.15, -0.1) is 0 Å². The molecule has 0 amide bonds. The summed E-state index contributed by atoms with van der Waals surface area (Å²) in [5.41, 5.74) is -1.27. The molecule has 0 aliphatic carbocycles. The molecular formula is C11H20O6. The topological polar surface area (TPSA) is 115 Å². The lowest BCUT2D eigenvalue weighted by Crippen LogP contribution is -2.49. The molecule has 0 aliphatic rings. The number of carboxylic acid groups (broad SMARTS) is 2. The quantitative estimate of drug-likeness (QED) is 0.492. The number of hydrogen-bond donors (Lipinski definition) is 4. The van der Waals surface area contributed by atoms with E-state index in [0.29, 0.717) is 0 Å². The first-order chi connectivity index (χ1) is 7.50. The molecule has 0 rings (SSSR count). The van der Waals surface area contributed by atoms with Gasteiger partial charge in [-0.1, -0.05) is 13.8 Å². The summed E-state index contributed by atoms with van der Waals surface area (Å²) in [6.07, 6.45) is 0.143. The van der Waals surface area contributed by atoms with Crippen molar-refractivity contribution in [3.05, 3.63) is 0 Å². The van der Waals surface area contributed by atoms with Crippen LogP contribution in [0.2, 0.25) is 0 Å². The second-order valence-corrected chi connectivity index (χ2v) is 4.92. The molecule has 100 valence electrons. The summed E-state index contributed by atoms with van der Waals surface area (Å²) >= 11 is 0. The minimum absolute atomic E-state index is 0.0886. The van der Waals surface area contributed by atoms with E-state index in [1.54, 1.807) is 0 Å². The van der Waals surface area contributed by atoms with Crippen LogP contribution in [0.4, 0.5) is 0 Å². The highest BCUT2D eigenvalue weighted by molar-refractivity contribution is 5.71. The molecular weight excluding hydrogens is 228 g/mol. The maximum absolute atomic E-state index is 11.1. The highest BCUT2D eigenvalue weighted by Gasteiger charge is 2.47. The van der Waals surface area contributed by atoms with E-state index in [0.717, 1.165) is 6.92 Å². The van der Waals surface area contributed by atoms with Crippen LogP contribution in [0.25, 0.3) is 0 Å². The standard InChI is InChI=1S/C11H20O6/c1-10(2,11(3,16)17)7(9(14)15)5-4-6-8(12)13/h7,16-17H,4-6H2,1-3H3,(H,12,13)(H,14,15). The van der Waals surface area contributed by atoms with Gasteiger partial charge in [-0.05, 0) is 19.8 Å². The molecule has 0 aromatic carbocycles. The first-order valence-corrected chi connectivity index (χ1v) is 5.39. The van der Waals surface area contributed by atoms with Crippen molar-refractivity contribution in [3.63, 3.8) is 0 Å². The lowest BCUT2D eigenvalue weighted by molar-refractivity contribution is -0.238. The van der Waals surface area contributed by atoms with E-state index in [9.17, 15) is 19.8 Å². The first kappa shape index (κ1) is 15.9. The smallest absolute Gasteiger partial charge is 0.307 e. The number of aliphatic hydroxyl groups is 2. The van der Waals surface area contributed by atoms with Crippen molar-refractivity contribution < 1.29 is 30.0 Å². The van der Waals surface area contributed by atoms with E-state index >= 15 is 0 Å². The summed E-state index contributed by atoms with van der Waals surface area (Å²) in [5.74, 6) is -5.31. The number of hydrogen-bond acceptors (Lipinski definition) is 4. The first-order valence-electron chi connectivity index (χ1n) is 5.39.